The number of hydrogen-bond acceptors (Lipinski definition) is 4. The van der Waals surface area contributed by atoms with Crippen LogP contribution in [0.5, 0.6) is 0 Å². The fourth-order valence-electron chi connectivity index (χ4n) is 4.75. The highest BCUT2D eigenvalue weighted by atomic mass is 16.4. The van der Waals surface area contributed by atoms with Gasteiger partial charge in [-0.05, 0) is 45.6 Å². The van der Waals surface area contributed by atoms with Gasteiger partial charge in [-0.25, -0.2) is 5.01 Å². The highest BCUT2D eigenvalue weighted by Gasteiger charge is 2.57. The van der Waals surface area contributed by atoms with Gasteiger partial charge in [0.2, 0.25) is 5.91 Å². The maximum absolute atomic E-state index is 12.8. The molecule has 1 saturated heterocycles. The molecule has 2 bridgehead atoms. The second-order valence-corrected chi connectivity index (χ2v) is 7.40. The van der Waals surface area contributed by atoms with Crippen LogP contribution in [-0.4, -0.2) is 60.1 Å². The summed E-state index contributed by atoms with van der Waals surface area (Å²) in [7, 11) is 2.07. The number of piperazine rings is 1. The molecule has 0 spiro atoms. The minimum absolute atomic E-state index is 0.0470. The van der Waals surface area contributed by atoms with Crippen LogP contribution in [-0.2, 0) is 9.59 Å². The summed E-state index contributed by atoms with van der Waals surface area (Å²) in [5, 5.41) is 11.6. The average molecular weight is 321 g/mol. The highest BCUT2D eigenvalue weighted by Crippen LogP contribution is 2.57. The van der Waals surface area contributed by atoms with Gasteiger partial charge >= 0.3 is 5.97 Å². The zero-order chi connectivity index (χ0) is 16.7. The first-order valence-electron chi connectivity index (χ1n) is 8.54. The van der Waals surface area contributed by atoms with Crippen molar-refractivity contribution in [3.05, 3.63) is 11.1 Å². The lowest BCUT2D eigenvalue weighted by Gasteiger charge is -2.34. The summed E-state index contributed by atoms with van der Waals surface area (Å²) in [6, 6.07) is 0. The van der Waals surface area contributed by atoms with Gasteiger partial charge in [-0.2, -0.15) is 0 Å². The highest BCUT2D eigenvalue weighted by molar-refractivity contribution is 5.87. The Hall–Kier alpha value is -1.40. The Morgan fingerprint density at radius 2 is 1.61 bits per heavy atom. The van der Waals surface area contributed by atoms with Crippen LogP contribution < -0.4 is 5.43 Å². The van der Waals surface area contributed by atoms with Crippen molar-refractivity contribution < 1.29 is 14.7 Å². The molecule has 23 heavy (non-hydrogen) atoms. The molecular formula is C17H27N3O3. The molecule has 2 aliphatic carbocycles. The average Bonchev–Trinajstić information content (AvgIpc) is 3.05. The molecule has 2 saturated carbocycles. The SMILES string of the molecule is CC(C)=C1[C@H]2CC[C@@H]1[C@@H](C(=O)NN1CCN(C)CC1)[C@H]2C(=O)O. The lowest BCUT2D eigenvalue weighted by atomic mass is 9.79. The summed E-state index contributed by atoms with van der Waals surface area (Å²) in [5.41, 5.74) is 5.42. The number of carbonyl (C=O) groups excluding carboxylic acids is 1. The van der Waals surface area contributed by atoms with Gasteiger partial charge in [0.25, 0.3) is 0 Å². The quantitative estimate of drug-likeness (QED) is 0.758. The number of fused-ring (bicyclic) bond motifs is 2. The predicted octanol–water partition coefficient (Wildman–Crippen LogP) is 0.958. The summed E-state index contributed by atoms with van der Waals surface area (Å²) in [5.74, 6) is -1.76. The Labute approximate surface area is 137 Å². The van der Waals surface area contributed by atoms with E-state index in [1.165, 1.54) is 11.1 Å². The van der Waals surface area contributed by atoms with Crippen molar-refractivity contribution >= 4 is 11.9 Å². The van der Waals surface area contributed by atoms with Gasteiger partial charge in [-0.15, -0.1) is 0 Å². The van der Waals surface area contributed by atoms with Crippen molar-refractivity contribution in [1.29, 1.82) is 0 Å². The van der Waals surface area contributed by atoms with Gasteiger partial charge < -0.3 is 10.0 Å². The number of carbonyl (C=O) groups is 2. The molecule has 1 amide bonds. The zero-order valence-corrected chi connectivity index (χ0v) is 14.2. The third-order valence-electron chi connectivity index (χ3n) is 5.78. The van der Waals surface area contributed by atoms with E-state index in [2.05, 4.69) is 17.4 Å². The van der Waals surface area contributed by atoms with Crippen molar-refractivity contribution in [2.24, 2.45) is 23.7 Å². The summed E-state index contributed by atoms with van der Waals surface area (Å²) in [6.07, 6.45) is 1.84. The van der Waals surface area contributed by atoms with E-state index in [0.717, 1.165) is 39.0 Å². The van der Waals surface area contributed by atoms with Gasteiger partial charge in [0.05, 0.1) is 11.8 Å². The fraction of sp³-hybridized carbons (Fsp3) is 0.765. The number of nitrogens with zero attached hydrogens (tertiary/aromatic N) is 2. The molecule has 6 heteroatoms. The molecule has 1 aliphatic heterocycles. The molecule has 3 aliphatic rings. The van der Waals surface area contributed by atoms with E-state index in [-0.39, 0.29) is 17.7 Å². The van der Waals surface area contributed by atoms with Gasteiger partial charge in [0.15, 0.2) is 0 Å². The Balaban J connectivity index is 1.76. The monoisotopic (exact) mass is 321 g/mol. The Bertz CT molecular complexity index is 533. The molecule has 128 valence electrons. The zero-order valence-electron chi connectivity index (χ0n) is 14.2. The molecule has 1 heterocycles. The fourth-order valence-corrected chi connectivity index (χ4v) is 4.75. The molecule has 0 aromatic heterocycles. The normalized spacial score (nSPS) is 34.7. The number of nitrogens with one attached hydrogen (secondary N) is 1. The van der Waals surface area contributed by atoms with Crippen LogP contribution in [0.3, 0.4) is 0 Å². The van der Waals surface area contributed by atoms with E-state index in [0.29, 0.717) is 0 Å². The number of hydrazine groups is 1. The molecule has 3 fully saturated rings. The Kier molecular flexibility index (Phi) is 4.47. The van der Waals surface area contributed by atoms with Gasteiger partial charge in [0.1, 0.15) is 0 Å². The second kappa shape index (κ2) is 6.24. The van der Waals surface area contributed by atoms with Crippen LogP contribution in [0.25, 0.3) is 0 Å². The minimum atomic E-state index is -0.825. The molecule has 2 N–H and O–H groups in total. The molecule has 3 rings (SSSR count). The molecule has 6 nitrogen and oxygen atoms in total. The summed E-state index contributed by atoms with van der Waals surface area (Å²) in [4.78, 5) is 26.8. The standard InChI is InChI=1S/C17H27N3O3/c1-10(2)13-11-4-5-12(13)15(17(22)23)14(11)16(21)18-20-8-6-19(3)7-9-20/h11-12,14-15H,4-9H2,1-3H3,(H,18,21)(H,22,23)/t11-,12+,14+,15-/m0/s1. The second-order valence-electron chi connectivity index (χ2n) is 7.40. The lowest BCUT2D eigenvalue weighted by molar-refractivity contribution is -0.151. The minimum Gasteiger partial charge on any atom is -0.481 e. The van der Waals surface area contributed by atoms with Crippen LogP contribution in [0.15, 0.2) is 11.1 Å². The van der Waals surface area contributed by atoms with Crippen molar-refractivity contribution in [2.45, 2.75) is 26.7 Å². The van der Waals surface area contributed by atoms with E-state index in [9.17, 15) is 14.7 Å². The number of rotatable bonds is 3. The van der Waals surface area contributed by atoms with Gasteiger partial charge in [0, 0.05) is 26.2 Å². The number of carboxylic acid groups (broad SMARTS) is 1. The van der Waals surface area contributed by atoms with Crippen LogP contribution in [0.1, 0.15) is 26.7 Å². The Morgan fingerprint density at radius 3 is 2.13 bits per heavy atom. The maximum Gasteiger partial charge on any atom is 0.307 e. The molecular weight excluding hydrogens is 294 g/mol. The van der Waals surface area contributed by atoms with E-state index >= 15 is 0 Å². The number of amides is 1. The van der Waals surface area contributed by atoms with E-state index in [1.54, 1.807) is 0 Å². The Morgan fingerprint density at radius 1 is 1.04 bits per heavy atom. The number of allylic oxidation sites excluding steroid dienone is 2. The van der Waals surface area contributed by atoms with Crippen molar-refractivity contribution in [3.8, 4) is 0 Å². The number of aliphatic carboxylic acids is 1. The summed E-state index contributed by atoms with van der Waals surface area (Å²) >= 11 is 0. The first-order valence-corrected chi connectivity index (χ1v) is 8.54. The van der Waals surface area contributed by atoms with Crippen LogP contribution in [0.2, 0.25) is 0 Å². The van der Waals surface area contributed by atoms with Gasteiger partial charge in [-0.3, -0.25) is 15.0 Å². The van der Waals surface area contributed by atoms with Crippen LogP contribution in [0.4, 0.5) is 0 Å². The number of carboxylic acids is 1. The molecule has 4 atom stereocenters. The van der Waals surface area contributed by atoms with Crippen LogP contribution in [0, 0.1) is 23.7 Å². The van der Waals surface area contributed by atoms with Crippen LogP contribution >= 0.6 is 0 Å². The first-order chi connectivity index (χ1) is 10.9. The van der Waals surface area contributed by atoms with Gasteiger partial charge in [-0.1, -0.05) is 11.1 Å². The molecule has 0 radical (unpaired) electrons. The third-order valence-corrected chi connectivity index (χ3v) is 5.78. The molecule has 0 aromatic carbocycles. The predicted molar refractivity (Wildman–Crippen MR) is 86.4 cm³/mol. The largest absolute Gasteiger partial charge is 0.481 e. The molecule has 0 aromatic rings. The lowest BCUT2D eigenvalue weighted by Crippen LogP contribution is -2.55. The smallest absolute Gasteiger partial charge is 0.307 e. The first kappa shape index (κ1) is 16.5. The molecule has 0 unspecified atom stereocenters. The van der Waals surface area contributed by atoms with E-state index < -0.39 is 17.8 Å². The topological polar surface area (TPSA) is 72.9 Å². The van der Waals surface area contributed by atoms with Crippen molar-refractivity contribution in [1.82, 2.24) is 15.3 Å². The van der Waals surface area contributed by atoms with Crippen molar-refractivity contribution in [3.63, 3.8) is 0 Å². The summed E-state index contributed by atoms with van der Waals surface area (Å²) < 4.78 is 0. The summed E-state index contributed by atoms with van der Waals surface area (Å²) in [6.45, 7) is 7.49. The number of likely N-dealkylation sites (N-methyl/N-ethyl adjacent to an activating group) is 1. The van der Waals surface area contributed by atoms with E-state index in [4.69, 9.17) is 0 Å². The maximum atomic E-state index is 12.8. The third kappa shape index (κ3) is 2.90. The van der Waals surface area contributed by atoms with Crippen molar-refractivity contribution in [2.75, 3.05) is 33.2 Å². The van der Waals surface area contributed by atoms with E-state index in [1.807, 2.05) is 18.9 Å². The number of hydrogen-bond donors (Lipinski definition) is 2.